The van der Waals surface area contributed by atoms with E-state index < -0.39 is 28.0 Å². The molecule has 8 nitrogen and oxygen atoms in total. The lowest BCUT2D eigenvalue weighted by Gasteiger charge is -2.36. The quantitative estimate of drug-likeness (QED) is 0.458. The first-order chi connectivity index (χ1) is 15.3. The van der Waals surface area contributed by atoms with Crippen LogP contribution in [0.1, 0.15) is 19.3 Å². The molecule has 2 aromatic carbocycles. The normalized spacial score (nSPS) is 21.2. The van der Waals surface area contributed by atoms with Crippen LogP contribution >= 0.6 is 11.6 Å². The van der Waals surface area contributed by atoms with Gasteiger partial charge < -0.3 is 20.5 Å². The SMILES string of the molecule is O=C(NCC[C@@H]1CC[C@@H](NS(=O)(=O)c2ccc(F)cc2)[C@H](CO)O1)Nc1ccc(Cl)cc1. The van der Waals surface area contributed by atoms with E-state index in [0.29, 0.717) is 36.5 Å². The molecule has 174 valence electrons. The van der Waals surface area contributed by atoms with Crippen molar-refractivity contribution in [2.24, 2.45) is 0 Å². The van der Waals surface area contributed by atoms with Crippen LogP contribution in [-0.4, -0.2) is 51.0 Å². The Morgan fingerprint density at radius 1 is 1.12 bits per heavy atom. The maximum atomic E-state index is 13.1. The van der Waals surface area contributed by atoms with Crippen molar-refractivity contribution in [1.29, 1.82) is 0 Å². The second kappa shape index (κ2) is 11.1. The minimum atomic E-state index is -3.88. The zero-order valence-corrected chi connectivity index (χ0v) is 18.7. The van der Waals surface area contributed by atoms with E-state index >= 15 is 0 Å². The Hall–Kier alpha value is -2.24. The number of urea groups is 1. The first-order valence-electron chi connectivity index (χ1n) is 10.1. The summed E-state index contributed by atoms with van der Waals surface area (Å²) in [5.74, 6) is -0.531. The van der Waals surface area contributed by atoms with Gasteiger partial charge in [-0.1, -0.05) is 11.6 Å². The number of sulfonamides is 1. The highest BCUT2D eigenvalue weighted by molar-refractivity contribution is 7.89. The Balaban J connectivity index is 1.46. The highest BCUT2D eigenvalue weighted by Gasteiger charge is 2.33. The summed E-state index contributed by atoms with van der Waals surface area (Å²) in [5, 5.41) is 15.7. The number of aliphatic hydroxyl groups excluding tert-OH is 1. The lowest BCUT2D eigenvalue weighted by atomic mass is 9.98. The fraction of sp³-hybridized carbons (Fsp3) is 0.381. The van der Waals surface area contributed by atoms with Crippen LogP contribution in [0.4, 0.5) is 14.9 Å². The number of amides is 2. The van der Waals surface area contributed by atoms with Crippen molar-refractivity contribution >= 4 is 33.3 Å². The number of carbonyl (C=O) groups is 1. The van der Waals surface area contributed by atoms with Crippen molar-refractivity contribution < 1.29 is 27.4 Å². The van der Waals surface area contributed by atoms with Gasteiger partial charge in [-0.2, -0.15) is 0 Å². The molecule has 1 aliphatic heterocycles. The van der Waals surface area contributed by atoms with Crippen molar-refractivity contribution in [3.63, 3.8) is 0 Å². The summed E-state index contributed by atoms with van der Waals surface area (Å²) >= 11 is 5.81. The molecular formula is C21H25ClFN3O5S. The van der Waals surface area contributed by atoms with Crippen molar-refractivity contribution in [3.8, 4) is 0 Å². The van der Waals surface area contributed by atoms with Crippen molar-refractivity contribution in [3.05, 3.63) is 59.4 Å². The molecule has 0 unspecified atom stereocenters. The van der Waals surface area contributed by atoms with Crippen molar-refractivity contribution in [2.75, 3.05) is 18.5 Å². The van der Waals surface area contributed by atoms with Crippen molar-refractivity contribution in [2.45, 2.75) is 42.4 Å². The largest absolute Gasteiger partial charge is 0.394 e. The standard InChI is InChI=1S/C21H25ClFN3O5S/c22-14-1-5-16(6-2-14)25-21(28)24-12-11-17-7-10-19(20(13-27)31-17)26-32(29,30)18-8-3-15(23)4-9-18/h1-6,8-9,17,19-20,26-27H,7,10-13H2,(H2,24,25,28)/t17-,19+,20-/m0/s1. The zero-order chi connectivity index (χ0) is 23.1. The number of ether oxygens (including phenoxy) is 1. The van der Waals surface area contributed by atoms with Gasteiger partial charge in [0.15, 0.2) is 0 Å². The topological polar surface area (TPSA) is 117 Å². The third-order valence-corrected chi connectivity index (χ3v) is 6.84. The number of rotatable bonds is 8. The molecule has 32 heavy (non-hydrogen) atoms. The molecule has 0 radical (unpaired) electrons. The van der Waals surface area contributed by atoms with Gasteiger partial charge in [-0.15, -0.1) is 0 Å². The van der Waals surface area contributed by atoms with Crippen LogP contribution < -0.4 is 15.4 Å². The lowest BCUT2D eigenvalue weighted by Crippen LogP contribution is -2.51. The van der Waals surface area contributed by atoms with Crippen LogP contribution in [-0.2, 0) is 14.8 Å². The Labute approximate surface area is 191 Å². The van der Waals surface area contributed by atoms with Gasteiger partial charge in [-0.3, -0.25) is 0 Å². The maximum Gasteiger partial charge on any atom is 0.319 e. The van der Waals surface area contributed by atoms with Gasteiger partial charge in [-0.05, 0) is 67.8 Å². The van der Waals surface area contributed by atoms with E-state index in [1.807, 2.05) is 0 Å². The summed E-state index contributed by atoms with van der Waals surface area (Å²) in [4.78, 5) is 11.9. The van der Waals surface area contributed by atoms with Crippen molar-refractivity contribution in [1.82, 2.24) is 10.0 Å². The predicted molar refractivity (Wildman–Crippen MR) is 119 cm³/mol. The summed E-state index contributed by atoms with van der Waals surface area (Å²) < 4.78 is 46.5. The Kier molecular flexibility index (Phi) is 8.44. The van der Waals surface area contributed by atoms with Gasteiger partial charge in [0, 0.05) is 17.3 Å². The monoisotopic (exact) mass is 485 g/mol. The molecule has 3 atom stereocenters. The van der Waals surface area contributed by atoms with Gasteiger partial charge >= 0.3 is 6.03 Å². The third kappa shape index (κ3) is 6.88. The van der Waals surface area contributed by atoms with Crippen LogP contribution in [0, 0.1) is 5.82 Å². The number of nitrogens with one attached hydrogen (secondary N) is 3. The van der Waals surface area contributed by atoms with E-state index in [0.717, 1.165) is 12.1 Å². The number of anilines is 1. The molecule has 2 aromatic rings. The number of hydrogen-bond donors (Lipinski definition) is 4. The maximum absolute atomic E-state index is 13.1. The van der Waals surface area contributed by atoms with E-state index in [1.165, 1.54) is 12.1 Å². The number of carbonyl (C=O) groups excluding carboxylic acids is 1. The molecule has 0 bridgehead atoms. The molecule has 3 rings (SSSR count). The minimum absolute atomic E-state index is 0.0615. The van der Waals surface area contributed by atoms with Crippen LogP contribution in [0.15, 0.2) is 53.4 Å². The molecule has 0 saturated carbocycles. The van der Waals surface area contributed by atoms with Gasteiger partial charge in [0.05, 0.1) is 29.8 Å². The number of halogens is 2. The zero-order valence-electron chi connectivity index (χ0n) is 17.1. The fourth-order valence-electron chi connectivity index (χ4n) is 3.42. The average Bonchev–Trinajstić information content (AvgIpc) is 2.76. The second-order valence-electron chi connectivity index (χ2n) is 7.41. The summed E-state index contributed by atoms with van der Waals surface area (Å²) in [5.41, 5.74) is 0.609. The van der Waals surface area contributed by atoms with Crippen LogP contribution in [0.5, 0.6) is 0 Å². The lowest BCUT2D eigenvalue weighted by molar-refractivity contribution is -0.0871. The van der Waals surface area contributed by atoms with Crippen LogP contribution in [0.25, 0.3) is 0 Å². The number of aliphatic hydroxyl groups is 1. The van der Waals surface area contributed by atoms with Gasteiger partial charge in [-0.25, -0.2) is 22.3 Å². The fourth-order valence-corrected chi connectivity index (χ4v) is 4.84. The summed E-state index contributed by atoms with van der Waals surface area (Å²) in [6.45, 7) is -0.0220. The molecule has 11 heteroatoms. The first-order valence-corrected chi connectivity index (χ1v) is 12.0. The van der Waals surface area contributed by atoms with Crippen LogP contribution in [0.2, 0.25) is 5.02 Å². The summed E-state index contributed by atoms with van der Waals surface area (Å²) in [7, 11) is -3.88. The molecule has 4 N–H and O–H groups in total. The summed E-state index contributed by atoms with van der Waals surface area (Å²) in [6.07, 6.45) is 0.532. The van der Waals surface area contributed by atoms with E-state index in [-0.39, 0.29) is 23.6 Å². The minimum Gasteiger partial charge on any atom is -0.394 e. The second-order valence-corrected chi connectivity index (χ2v) is 9.57. The molecule has 0 aromatic heterocycles. The molecule has 1 fully saturated rings. The third-order valence-electron chi connectivity index (χ3n) is 5.08. The molecule has 0 spiro atoms. The molecule has 0 aliphatic carbocycles. The van der Waals surface area contributed by atoms with E-state index in [4.69, 9.17) is 16.3 Å². The average molecular weight is 486 g/mol. The Morgan fingerprint density at radius 2 is 1.81 bits per heavy atom. The highest BCUT2D eigenvalue weighted by Crippen LogP contribution is 2.23. The molecule has 2 amide bonds. The molecule has 1 saturated heterocycles. The van der Waals surface area contributed by atoms with Gasteiger partial charge in [0.2, 0.25) is 10.0 Å². The molecular weight excluding hydrogens is 461 g/mol. The van der Waals surface area contributed by atoms with Crippen LogP contribution in [0.3, 0.4) is 0 Å². The molecule has 1 aliphatic rings. The van der Waals surface area contributed by atoms with E-state index in [2.05, 4.69) is 15.4 Å². The summed E-state index contributed by atoms with van der Waals surface area (Å²) in [6, 6.07) is 10.2. The van der Waals surface area contributed by atoms with E-state index in [9.17, 15) is 22.7 Å². The first kappa shape index (κ1) is 24.4. The van der Waals surface area contributed by atoms with Gasteiger partial charge in [0.25, 0.3) is 0 Å². The Bertz CT molecular complexity index is 1010. The molecule has 1 heterocycles. The van der Waals surface area contributed by atoms with Gasteiger partial charge in [0.1, 0.15) is 5.82 Å². The number of hydrogen-bond acceptors (Lipinski definition) is 5. The Morgan fingerprint density at radius 3 is 2.47 bits per heavy atom. The van der Waals surface area contributed by atoms with E-state index in [1.54, 1.807) is 24.3 Å². The smallest absolute Gasteiger partial charge is 0.319 e. The highest BCUT2D eigenvalue weighted by atomic mass is 35.5. The predicted octanol–water partition coefficient (Wildman–Crippen LogP) is 2.88. The number of benzene rings is 2.